The van der Waals surface area contributed by atoms with Gasteiger partial charge in [-0.1, -0.05) is 24.8 Å². The maximum Gasteiger partial charge on any atom is 0.134 e. The fraction of sp³-hybridized carbons (Fsp3) is 0.200. The monoisotopic (exact) mass is 429 g/mol. The molecule has 3 aromatic rings. The molecule has 2 N–H and O–H groups in total. The van der Waals surface area contributed by atoms with Crippen LogP contribution in [0.3, 0.4) is 0 Å². The second-order valence-corrected chi connectivity index (χ2v) is 8.10. The molecule has 0 spiro atoms. The average molecular weight is 429 g/mol. The van der Waals surface area contributed by atoms with E-state index in [2.05, 4.69) is 11.9 Å². The summed E-state index contributed by atoms with van der Waals surface area (Å²) in [4.78, 5) is 0. The van der Waals surface area contributed by atoms with Crippen LogP contribution < -0.4 is 10.3 Å². The van der Waals surface area contributed by atoms with Gasteiger partial charge in [-0.15, -0.1) is 0 Å². The Morgan fingerprint density at radius 1 is 1.16 bits per heavy atom. The van der Waals surface area contributed by atoms with Crippen molar-refractivity contribution in [1.29, 1.82) is 0 Å². The molecule has 7 heteroatoms. The van der Waals surface area contributed by atoms with Gasteiger partial charge in [0, 0.05) is 31.2 Å². The lowest BCUT2D eigenvalue weighted by Gasteiger charge is -2.27. The van der Waals surface area contributed by atoms with E-state index in [-0.39, 0.29) is 18.3 Å². The molecule has 32 heavy (non-hydrogen) atoms. The van der Waals surface area contributed by atoms with Crippen LogP contribution in [0.1, 0.15) is 11.1 Å². The highest BCUT2D eigenvalue weighted by molar-refractivity contribution is 6.16. The third-order valence-electron chi connectivity index (χ3n) is 5.83. The lowest BCUT2D eigenvalue weighted by Crippen LogP contribution is -2.31. The van der Waals surface area contributed by atoms with Gasteiger partial charge in [-0.2, -0.15) is 10.2 Å². The molecule has 0 radical (unpaired) electrons. The van der Waals surface area contributed by atoms with Crippen LogP contribution in [0.15, 0.2) is 78.1 Å². The SMILES string of the molecule is C=C1C=CC(c2c(-c3ccc(F)cc3)nn3c2NCC(CO)C3)=NN1c1ccccc1C. The van der Waals surface area contributed by atoms with Crippen molar-refractivity contribution >= 4 is 17.2 Å². The largest absolute Gasteiger partial charge is 0.396 e. The molecule has 1 unspecified atom stereocenters. The first-order valence-electron chi connectivity index (χ1n) is 10.6. The van der Waals surface area contributed by atoms with Crippen molar-refractivity contribution in [2.75, 3.05) is 23.5 Å². The van der Waals surface area contributed by atoms with Gasteiger partial charge in [0.25, 0.3) is 0 Å². The molecule has 162 valence electrons. The Bertz CT molecular complexity index is 1240. The van der Waals surface area contributed by atoms with Crippen molar-refractivity contribution in [3.8, 4) is 11.3 Å². The highest BCUT2D eigenvalue weighted by Gasteiger charge is 2.29. The van der Waals surface area contributed by atoms with Crippen molar-refractivity contribution in [3.05, 3.63) is 89.9 Å². The lowest BCUT2D eigenvalue weighted by atomic mass is 10.0. The van der Waals surface area contributed by atoms with Crippen molar-refractivity contribution in [3.63, 3.8) is 0 Å². The van der Waals surface area contributed by atoms with Gasteiger partial charge in [-0.25, -0.2) is 14.1 Å². The van der Waals surface area contributed by atoms with Crippen LogP contribution in [-0.2, 0) is 6.54 Å². The summed E-state index contributed by atoms with van der Waals surface area (Å²) < 4.78 is 15.5. The Hall–Kier alpha value is -3.71. The molecule has 5 rings (SSSR count). The zero-order chi connectivity index (χ0) is 22.2. The number of hydrogen-bond donors (Lipinski definition) is 2. The van der Waals surface area contributed by atoms with Crippen LogP contribution in [0.4, 0.5) is 15.9 Å². The molecule has 0 fully saturated rings. The summed E-state index contributed by atoms with van der Waals surface area (Å²) in [6, 6.07) is 14.3. The number of hydrazone groups is 1. The van der Waals surface area contributed by atoms with E-state index in [4.69, 9.17) is 10.2 Å². The standard InChI is InChI=1S/C25H24FN5O/c1-16-5-3-4-6-22(16)31-17(2)7-12-21(28-31)23-24(19-8-10-20(26)11-9-19)29-30-14-18(15-32)13-27-25(23)30/h3-12,18,27,32H,2,13-15H2,1H3. The smallest absolute Gasteiger partial charge is 0.134 e. The van der Waals surface area contributed by atoms with Gasteiger partial charge in [0.15, 0.2) is 0 Å². The van der Waals surface area contributed by atoms with Gasteiger partial charge in [-0.05, 0) is 55.0 Å². The zero-order valence-electron chi connectivity index (χ0n) is 17.8. The number of para-hydroxylation sites is 1. The number of allylic oxidation sites excluding steroid dienone is 2. The molecule has 0 aliphatic carbocycles. The molecule has 0 amide bonds. The maximum atomic E-state index is 13.6. The molecule has 1 atom stereocenters. The van der Waals surface area contributed by atoms with E-state index in [1.807, 2.05) is 53.0 Å². The van der Waals surface area contributed by atoms with E-state index in [9.17, 15) is 9.50 Å². The van der Waals surface area contributed by atoms with Crippen LogP contribution in [0.2, 0.25) is 0 Å². The number of hydrogen-bond acceptors (Lipinski definition) is 5. The Morgan fingerprint density at radius 3 is 2.69 bits per heavy atom. The Morgan fingerprint density at radius 2 is 1.94 bits per heavy atom. The van der Waals surface area contributed by atoms with Crippen LogP contribution in [0.5, 0.6) is 0 Å². The Balaban J connectivity index is 1.66. The van der Waals surface area contributed by atoms with Crippen LogP contribution in [0.25, 0.3) is 11.3 Å². The minimum Gasteiger partial charge on any atom is -0.396 e. The number of aromatic nitrogens is 2. The quantitative estimate of drug-likeness (QED) is 0.648. The van der Waals surface area contributed by atoms with Crippen LogP contribution in [0, 0.1) is 18.7 Å². The first-order valence-corrected chi connectivity index (χ1v) is 10.6. The number of nitrogens with one attached hydrogen (secondary N) is 1. The van der Waals surface area contributed by atoms with Crippen LogP contribution >= 0.6 is 0 Å². The molecule has 6 nitrogen and oxygen atoms in total. The van der Waals surface area contributed by atoms with Crippen molar-refractivity contribution in [1.82, 2.24) is 9.78 Å². The Kier molecular flexibility index (Phi) is 5.11. The minimum absolute atomic E-state index is 0.0726. The third kappa shape index (κ3) is 3.50. The normalized spacial score (nSPS) is 17.7. The summed E-state index contributed by atoms with van der Waals surface area (Å²) >= 11 is 0. The minimum atomic E-state index is -0.297. The van der Waals surface area contributed by atoms with Crippen LogP contribution in [-0.4, -0.2) is 33.8 Å². The van der Waals surface area contributed by atoms with E-state index in [0.29, 0.717) is 18.8 Å². The molecular weight excluding hydrogens is 405 g/mol. The van der Waals surface area contributed by atoms with E-state index >= 15 is 0 Å². The first-order chi connectivity index (χ1) is 15.5. The van der Waals surface area contributed by atoms with Crippen molar-refractivity contribution < 1.29 is 9.50 Å². The molecule has 3 heterocycles. The molecule has 2 aliphatic rings. The summed E-state index contributed by atoms with van der Waals surface area (Å²) in [5, 5.41) is 24.6. The molecular formula is C25H24FN5O. The van der Waals surface area contributed by atoms with Gasteiger partial charge < -0.3 is 10.4 Å². The van der Waals surface area contributed by atoms with E-state index in [1.165, 1.54) is 12.1 Å². The summed E-state index contributed by atoms with van der Waals surface area (Å²) in [6.45, 7) is 7.51. The summed E-state index contributed by atoms with van der Waals surface area (Å²) in [7, 11) is 0. The predicted molar refractivity (Wildman–Crippen MR) is 125 cm³/mol. The summed E-state index contributed by atoms with van der Waals surface area (Å²) in [5.74, 6) is 0.618. The Labute approximate surface area is 186 Å². The summed E-state index contributed by atoms with van der Waals surface area (Å²) in [5.41, 5.74) is 5.90. The molecule has 1 aromatic heterocycles. The van der Waals surface area contributed by atoms with Gasteiger partial charge in [0.05, 0.1) is 22.7 Å². The second kappa shape index (κ2) is 8.09. The van der Waals surface area contributed by atoms with Crippen molar-refractivity contribution in [2.45, 2.75) is 13.5 Å². The number of halogens is 1. The number of aliphatic hydroxyl groups is 1. The number of rotatable bonds is 4. The number of anilines is 2. The molecule has 2 aliphatic heterocycles. The lowest BCUT2D eigenvalue weighted by molar-refractivity contribution is 0.209. The predicted octanol–water partition coefficient (Wildman–Crippen LogP) is 4.33. The van der Waals surface area contributed by atoms with E-state index < -0.39 is 0 Å². The number of benzene rings is 2. The van der Waals surface area contributed by atoms with Gasteiger partial charge >= 0.3 is 0 Å². The second-order valence-electron chi connectivity index (χ2n) is 8.10. The highest BCUT2D eigenvalue weighted by Crippen LogP contribution is 2.35. The fourth-order valence-corrected chi connectivity index (χ4v) is 4.09. The zero-order valence-corrected chi connectivity index (χ0v) is 17.8. The van der Waals surface area contributed by atoms with Gasteiger partial charge in [0.1, 0.15) is 17.3 Å². The van der Waals surface area contributed by atoms with Gasteiger partial charge in [0.2, 0.25) is 0 Å². The topological polar surface area (TPSA) is 65.7 Å². The van der Waals surface area contributed by atoms with Crippen molar-refractivity contribution in [2.24, 2.45) is 11.0 Å². The first kappa shape index (κ1) is 20.2. The molecule has 0 bridgehead atoms. The molecule has 0 saturated heterocycles. The highest BCUT2D eigenvalue weighted by atomic mass is 19.1. The third-order valence-corrected chi connectivity index (χ3v) is 5.83. The summed E-state index contributed by atoms with van der Waals surface area (Å²) in [6.07, 6.45) is 3.87. The fourth-order valence-electron chi connectivity index (χ4n) is 4.09. The number of aryl methyl sites for hydroxylation is 1. The number of nitrogens with zero attached hydrogens (tertiary/aromatic N) is 4. The van der Waals surface area contributed by atoms with Gasteiger partial charge in [-0.3, -0.25) is 0 Å². The average Bonchev–Trinajstić information content (AvgIpc) is 3.19. The number of aliphatic hydroxyl groups excluding tert-OH is 1. The van der Waals surface area contributed by atoms with E-state index in [1.54, 1.807) is 12.1 Å². The molecule has 0 saturated carbocycles. The molecule has 2 aromatic carbocycles. The van der Waals surface area contributed by atoms with E-state index in [0.717, 1.165) is 39.6 Å². The maximum absolute atomic E-state index is 13.6. The number of fused-ring (bicyclic) bond motifs is 1.